The fourth-order valence-electron chi connectivity index (χ4n) is 1.83. The third-order valence-corrected chi connectivity index (χ3v) is 3.77. The Bertz CT molecular complexity index is 643. The SMILES string of the molecule is CCOC(=O)CSc1ncc(Cc2ccc(CC)o2)c(N)n1. The summed E-state index contributed by atoms with van der Waals surface area (Å²) in [4.78, 5) is 19.7. The topological polar surface area (TPSA) is 91.2 Å². The predicted molar refractivity (Wildman–Crippen MR) is 84.7 cm³/mol. The molecule has 0 aliphatic rings. The van der Waals surface area contributed by atoms with Gasteiger partial charge in [0.25, 0.3) is 0 Å². The number of nitrogens with two attached hydrogens (primary N) is 1. The van der Waals surface area contributed by atoms with Crippen LogP contribution in [0.25, 0.3) is 0 Å². The fraction of sp³-hybridized carbons (Fsp3) is 0.400. The number of aryl methyl sites for hydroxylation is 1. The first-order valence-electron chi connectivity index (χ1n) is 7.09. The lowest BCUT2D eigenvalue weighted by atomic mass is 10.2. The number of rotatable bonds is 7. The molecule has 7 heteroatoms. The van der Waals surface area contributed by atoms with Crippen LogP contribution in [0.15, 0.2) is 27.9 Å². The molecular formula is C15H19N3O3S. The third kappa shape index (κ3) is 4.49. The molecule has 2 rings (SSSR count). The molecule has 0 fully saturated rings. The molecule has 0 unspecified atom stereocenters. The molecule has 2 aromatic rings. The zero-order valence-electron chi connectivity index (χ0n) is 12.7. The van der Waals surface area contributed by atoms with Crippen molar-refractivity contribution >= 4 is 23.5 Å². The number of hydrogen-bond acceptors (Lipinski definition) is 7. The molecular weight excluding hydrogens is 302 g/mol. The van der Waals surface area contributed by atoms with Gasteiger partial charge in [-0.2, -0.15) is 0 Å². The summed E-state index contributed by atoms with van der Waals surface area (Å²) in [5.41, 5.74) is 6.75. The quantitative estimate of drug-likeness (QED) is 0.476. The van der Waals surface area contributed by atoms with E-state index in [1.54, 1.807) is 13.1 Å². The van der Waals surface area contributed by atoms with Gasteiger partial charge in [-0.3, -0.25) is 4.79 Å². The zero-order valence-corrected chi connectivity index (χ0v) is 13.5. The summed E-state index contributed by atoms with van der Waals surface area (Å²) in [5.74, 6) is 2.05. The minimum absolute atomic E-state index is 0.171. The second kappa shape index (κ2) is 7.84. The molecule has 0 aliphatic carbocycles. The number of esters is 1. The molecule has 22 heavy (non-hydrogen) atoms. The molecule has 2 N–H and O–H groups in total. The summed E-state index contributed by atoms with van der Waals surface area (Å²) in [6.07, 6.45) is 3.08. The maximum atomic E-state index is 11.3. The first-order valence-corrected chi connectivity index (χ1v) is 8.08. The number of anilines is 1. The van der Waals surface area contributed by atoms with E-state index in [2.05, 4.69) is 9.97 Å². The number of furan rings is 1. The molecule has 2 heterocycles. The maximum Gasteiger partial charge on any atom is 0.316 e. The lowest BCUT2D eigenvalue weighted by Gasteiger charge is -2.05. The molecule has 0 aromatic carbocycles. The second-order valence-corrected chi connectivity index (χ2v) is 5.50. The van der Waals surface area contributed by atoms with Gasteiger partial charge in [-0.1, -0.05) is 18.7 Å². The summed E-state index contributed by atoms with van der Waals surface area (Å²) >= 11 is 1.21. The first-order chi connectivity index (χ1) is 10.6. The number of aromatic nitrogens is 2. The van der Waals surface area contributed by atoms with Crippen LogP contribution in [0.4, 0.5) is 5.82 Å². The normalized spacial score (nSPS) is 10.6. The highest BCUT2D eigenvalue weighted by molar-refractivity contribution is 7.99. The third-order valence-electron chi connectivity index (χ3n) is 2.93. The van der Waals surface area contributed by atoms with Gasteiger partial charge in [-0.15, -0.1) is 0 Å². The van der Waals surface area contributed by atoms with Gasteiger partial charge in [0.1, 0.15) is 17.3 Å². The molecule has 0 saturated heterocycles. The molecule has 0 radical (unpaired) electrons. The number of carbonyl (C=O) groups is 1. The van der Waals surface area contributed by atoms with Crippen molar-refractivity contribution in [1.29, 1.82) is 0 Å². The van der Waals surface area contributed by atoms with E-state index in [1.807, 2.05) is 19.1 Å². The van der Waals surface area contributed by atoms with E-state index in [0.717, 1.165) is 23.5 Å². The van der Waals surface area contributed by atoms with Crippen LogP contribution in [0.5, 0.6) is 0 Å². The lowest BCUT2D eigenvalue weighted by molar-refractivity contribution is -0.139. The summed E-state index contributed by atoms with van der Waals surface area (Å²) < 4.78 is 10.5. The highest BCUT2D eigenvalue weighted by Crippen LogP contribution is 2.20. The van der Waals surface area contributed by atoms with Crippen molar-refractivity contribution in [3.8, 4) is 0 Å². The highest BCUT2D eigenvalue weighted by Gasteiger charge is 2.10. The van der Waals surface area contributed by atoms with Crippen LogP contribution >= 0.6 is 11.8 Å². The number of carbonyl (C=O) groups excluding carboxylic acids is 1. The molecule has 0 aliphatic heterocycles. The Morgan fingerprint density at radius 2 is 2.14 bits per heavy atom. The maximum absolute atomic E-state index is 11.3. The Morgan fingerprint density at radius 3 is 2.77 bits per heavy atom. The monoisotopic (exact) mass is 321 g/mol. The number of hydrogen-bond donors (Lipinski definition) is 1. The summed E-state index contributed by atoms with van der Waals surface area (Å²) in [6.45, 7) is 4.17. The standard InChI is InChI=1S/C15H19N3O3S/c1-3-11-5-6-12(21-11)7-10-8-17-15(18-14(10)16)22-9-13(19)20-4-2/h5-6,8H,3-4,7,9H2,1-2H3,(H2,16,17,18). The van der Waals surface area contributed by atoms with Gasteiger partial charge in [0, 0.05) is 24.6 Å². The van der Waals surface area contributed by atoms with Gasteiger partial charge in [0.2, 0.25) is 0 Å². The van der Waals surface area contributed by atoms with Crippen molar-refractivity contribution in [2.45, 2.75) is 31.8 Å². The van der Waals surface area contributed by atoms with Gasteiger partial charge in [0.05, 0.1) is 12.4 Å². The van der Waals surface area contributed by atoms with Crippen LogP contribution in [0.2, 0.25) is 0 Å². The molecule has 0 amide bonds. The van der Waals surface area contributed by atoms with Gasteiger partial charge >= 0.3 is 5.97 Å². The molecule has 6 nitrogen and oxygen atoms in total. The van der Waals surface area contributed by atoms with Crippen molar-refractivity contribution in [3.05, 3.63) is 35.4 Å². The Balaban J connectivity index is 1.98. The van der Waals surface area contributed by atoms with Gasteiger partial charge in [0.15, 0.2) is 5.16 Å². The summed E-state index contributed by atoms with van der Waals surface area (Å²) in [7, 11) is 0. The van der Waals surface area contributed by atoms with Crippen LogP contribution in [-0.4, -0.2) is 28.3 Å². The average molecular weight is 321 g/mol. The molecule has 0 saturated carbocycles. The fourth-order valence-corrected chi connectivity index (χ4v) is 2.45. The Hall–Kier alpha value is -2.02. The highest BCUT2D eigenvalue weighted by atomic mass is 32.2. The molecule has 0 spiro atoms. The molecule has 0 atom stereocenters. The summed E-state index contributed by atoms with van der Waals surface area (Å²) in [6, 6.07) is 3.89. The Morgan fingerprint density at radius 1 is 1.36 bits per heavy atom. The van der Waals surface area contributed by atoms with E-state index in [-0.39, 0.29) is 11.7 Å². The van der Waals surface area contributed by atoms with E-state index in [4.69, 9.17) is 14.9 Å². The molecule has 2 aromatic heterocycles. The van der Waals surface area contributed by atoms with E-state index in [1.165, 1.54) is 11.8 Å². The Kier molecular flexibility index (Phi) is 5.83. The van der Waals surface area contributed by atoms with Gasteiger partial charge < -0.3 is 14.9 Å². The van der Waals surface area contributed by atoms with Gasteiger partial charge in [-0.05, 0) is 19.1 Å². The molecule has 118 valence electrons. The van der Waals surface area contributed by atoms with Crippen LogP contribution in [0.3, 0.4) is 0 Å². The van der Waals surface area contributed by atoms with E-state index >= 15 is 0 Å². The van der Waals surface area contributed by atoms with Crippen molar-refractivity contribution in [2.24, 2.45) is 0 Å². The van der Waals surface area contributed by atoms with Crippen molar-refractivity contribution in [1.82, 2.24) is 9.97 Å². The van der Waals surface area contributed by atoms with Crippen LogP contribution < -0.4 is 5.73 Å². The van der Waals surface area contributed by atoms with Gasteiger partial charge in [-0.25, -0.2) is 9.97 Å². The number of ether oxygens (including phenoxy) is 1. The number of nitrogen functional groups attached to an aromatic ring is 1. The van der Waals surface area contributed by atoms with Crippen LogP contribution in [0.1, 0.15) is 30.9 Å². The van der Waals surface area contributed by atoms with Crippen molar-refractivity contribution in [3.63, 3.8) is 0 Å². The van der Waals surface area contributed by atoms with Crippen LogP contribution in [-0.2, 0) is 22.4 Å². The van der Waals surface area contributed by atoms with E-state index < -0.39 is 0 Å². The lowest BCUT2D eigenvalue weighted by Crippen LogP contribution is -2.08. The van der Waals surface area contributed by atoms with Crippen LogP contribution in [0, 0.1) is 0 Å². The Labute approximate surface area is 133 Å². The minimum atomic E-state index is -0.290. The van der Waals surface area contributed by atoms with Crippen molar-refractivity contribution in [2.75, 3.05) is 18.1 Å². The summed E-state index contributed by atoms with van der Waals surface area (Å²) in [5, 5.41) is 0.461. The second-order valence-electron chi connectivity index (χ2n) is 4.56. The number of nitrogens with zero attached hydrogens (tertiary/aromatic N) is 2. The van der Waals surface area contributed by atoms with E-state index in [0.29, 0.717) is 24.0 Å². The number of thioether (sulfide) groups is 1. The smallest absolute Gasteiger partial charge is 0.316 e. The largest absolute Gasteiger partial charge is 0.466 e. The zero-order chi connectivity index (χ0) is 15.9. The minimum Gasteiger partial charge on any atom is -0.466 e. The van der Waals surface area contributed by atoms with E-state index in [9.17, 15) is 4.79 Å². The predicted octanol–water partition coefficient (Wildman–Crippen LogP) is 2.46. The first kappa shape index (κ1) is 16.4. The van der Waals surface area contributed by atoms with Crippen molar-refractivity contribution < 1.29 is 13.9 Å². The molecule has 0 bridgehead atoms. The average Bonchev–Trinajstić information content (AvgIpc) is 2.96.